The van der Waals surface area contributed by atoms with Crippen LogP contribution in [0.1, 0.15) is 0 Å². The van der Waals surface area contributed by atoms with Crippen LogP contribution in [0.4, 0.5) is 10.2 Å². The van der Waals surface area contributed by atoms with Gasteiger partial charge >= 0.3 is 5.69 Å². The fourth-order valence-corrected chi connectivity index (χ4v) is 1.84. The summed E-state index contributed by atoms with van der Waals surface area (Å²) in [6.07, 6.45) is 1.42. The number of rotatable bonds is 3. The van der Waals surface area contributed by atoms with Crippen LogP contribution in [0, 0.1) is 18.2 Å². The summed E-state index contributed by atoms with van der Waals surface area (Å²) in [4.78, 5) is 16.2. The maximum atomic E-state index is 13.4. The molecule has 2 rings (SSSR count). The highest BCUT2D eigenvalue weighted by molar-refractivity contribution is 5.36. The molecule has 0 radical (unpaired) electrons. The number of anilines is 1. The third-order valence-corrected chi connectivity index (χ3v) is 2.98. The lowest BCUT2D eigenvalue weighted by Gasteiger charge is -2.23. The molecule has 0 spiro atoms. The van der Waals surface area contributed by atoms with Crippen LogP contribution in [0.25, 0.3) is 0 Å². The number of aliphatic hydroxyl groups is 3. The summed E-state index contributed by atoms with van der Waals surface area (Å²) in [5.41, 5.74) is -2.62. The Morgan fingerprint density at radius 1 is 1.65 bits per heavy atom. The number of aliphatic hydroxyl groups excluding tert-OH is 3. The average molecular weight is 285 g/mol. The van der Waals surface area contributed by atoms with Crippen molar-refractivity contribution < 1.29 is 24.4 Å². The largest absolute Gasteiger partial charge is 0.392 e. The number of hydrogen-bond donors (Lipinski definition) is 5. The molecule has 0 aromatic carbocycles. The zero-order valence-corrected chi connectivity index (χ0v) is 10.1. The van der Waals surface area contributed by atoms with E-state index in [1.165, 1.54) is 0 Å². The van der Waals surface area contributed by atoms with E-state index in [0.29, 0.717) is 6.20 Å². The fourth-order valence-electron chi connectivity index (χ4n) is 1.84. The summed E-state index contributed by atoms with van der Waals surface area (Å²) in [5, 5.41) is 31.1. The Balaban J connectivity index is 2.25. The van der Waals surface area contributed by atoms with E-state index >= 15 is 0 Å². The molecule has 1 saturated heterocycles. The van der Waals surface area contributed by atoms with Crippen LogP contribution in [0.3, 0.4) is 0 Å². The summed E-state index contributed by atoms with van der Waals surface area (Å²) in [6.45, 7) is -0.741. The van der Waals surface area contributed by atoms with Crippen molar-refractivity contribution in [1.82, 2.24) is 9.97 Å². The molecule has 1 aliphatic rings. The summed E-state index contributed by atoms with van der Waals surface area (Å²) in [7, 11) is 0. The molecule has 9 heteroatoms. The molecule has 5 N–H and O–H groups in total. The normalized spacial score (nSPS) is 32.9. The van der Waals surface area contributed by atoms with Gasteiger partial charge in [0.15, 0.2) is 17.6 Å². The first-order chi connectivity index (χ1) is 9.43. The van der Waals surface area contributed by atoms with Crippen molar-refractivity contribution in [3.63, 3.8) is 0 Å². The average Bonchev–Trinajstić information content (AvgIpc) is 2.68. The first-order valence-electron chi connectivity index (χ1n) is 5.57. The van der Waals surface area contributed by atoms with Gasteiger partial charge in [-0.1, -0.05) is 5.92 Å². The van der Waals surface area contributed by atoms with Crippen molar-refractivity contribution in [2.75, 3.05) is 11.9 Å². The number of ether oxygens (including phenoxy) is 1. The van der Waals surface area contributed by atoms with E-state index in [0.717, 1.165) is 0 Å². The van der Waals surface area contributed by atoms with Crippen molar-refractivity contribution >= 4 is 5.82 Å². The molecule has 0 bridgehead atoms. The monoisotopic (exact) mass is 285 g/mol. The number of nitrogens with one attached hydrogen (secondary N) is 2. The van der Waals surface area contributed by atoms with Gasteiger partial charge in [0.2, 0.25) is 0 Å². The maximum Gasteiger partial charge on any atom is 0.346 e. The summed E-state index contributed by atoms with van der Waals surface area (Å²) in [6, 6.07) is 0. The standard InChI is InChI=1S/C11H12FN3O5/c1-2-11(4-16)7(18)6(17)9(20-11)14-8-5(12)3-13-10(19)15-8/h1,3,6-7,9,16-18H,4H2,(H2,13,14,15,19)/t6-,7-,9+,11+/m0/s1. The molecule has 1 aromatic heterocycles. The van der Waals surface area contributed by atoms with Gasteiger partial charge in [0.1, 0.15) is 18.0 Å². The molecule has 0 unspecified atom stereocenters. The third kappa shape index (κ3) is 2.25. The van der Waals surface area contributed by atoms with E-state index in [-0.39, 0.29) is 5.82 Å². The molecule has 0 amide bonds. The highest BCUT2D eigenvalue weighted by atomic mass is 19.1. The first-order valence-corrected chi connectivity index (χ1v) is 5.57. The number of aromatic amines is 1. The van der Waals surface area contributed by atoms with Crippen LogP contribution >= 0.6 is 0 Å². The molecule has 20 heavy (non-hydrogen) atoms. The van der Waals surface area contributed by atoms with Gasteiger partial charge in [-0.3, -0.25) is 4.98 Å². The number of halogens is 1. The number of terminal acetylenes is 1. The van der Waals surface area contributed by atoms with E-state index in [4.69, 9.17) is 11.2 Å². The smallest absolute Gasteiger partial charge is 0.346 e. The maximum absolute atomic E-state index is 13.4. The molecule has 108 valence electrons. The Morgan fingerprint density at radius 2 is 2.35 bits per heavy atom. The zero-order chi connectivity index (χ0) is 14.9. The minimum atomic E-state index is -1.80. The third-order valence-electron chi connectivity index (χ3n) is 2.98. The number of hydrogen-bond acceptors (Lipinski definition) is 7. The van der Waals surface area contributed by atoms with Gasteiger partial charge in [-0.25, -0.2) is 9.18 Å². The van der Waals surface area contributed by atoms with Crippen LogP contribution in [0.5, 0.6) is 0 Å². The Morgan fingerprint density at radius 3 is 2.90 bits per heavy atom. The molecule has 4 atom stereocenters. The summed E-state index contributed by atoms with van der Waals surface area (Å²) < 4.78 is 18.6. The molecule has 8 nitrogen and oxygen atoms in total. The predicted molar refractivity (Wildman–Crippen MR) is 64.0 cm³/mol. The quantitative estimate of drug-likeness (QED) is 0.397. The van der Waals surface area contributed by atoms with Gasteiger partial charge in [-0.2, -0.15) is 4.98 Å². The van der Waals surface area contributed by atoms with Gasteiger partial charge in [-0.05, 0) is 0 Å². The SMILES string of the molecule is C#C[C@]1(CO)O[C@@H](Nc2[nH]c(=O)ncc2F)[C@@H](O)[C@@H]1O. The lowest BCUT2D eigenvalue weighted by atomic mass is 9.97. The Hall–Kier alpha value is -1.99. The van der Waals surface area contributed by atoms with Gasteiger partial charge in [0, 0.05) is 0 Å². The van der Waals surface area contributed by atoms with Gasteiger partial charge < -0.3 is 25.4 Å². The van der Waals surface area contributed by atoms with Crippen molar-refractivity contribution in [3.05, 3.63) is 22.5 Å². The molecule has 1 aromatic rings. The van der Waals surface area contributed by atoms with Crippen molar-refractivity contribution in [3.8, 4) is 12.3 Å². The second-order valence-corrected chi connectivity index (χ2v) is 4.22. The van der Waals surface area contributed by atoms with Gasteiger partial charge in [0.05, 0.1) is 12.8 Å². The molecular formula is C11H12FN3O5. The van der Waals surface area contributed by atoms with E-state index in [1.807, 2.05) is 5.92 Å². The summed E-state index contributed by atoms with van der Waals surface area (Å²) >= 11 is 0. The molecular weight excluding hydrogens is 273 g/mol. The fraction of sp³-hybridized carbons (Fsp3) is 0.455. The summed E-state index contributed by atoms with van der Waals surface area (Å²) in [5.74, 6) is 0.775. The van der Waals surface area contributed by atoms with Crippen LogP contribution < -0.4 is 11.0 Å². The van der Waals surface area contributed by atoms with Crippen molar-refractivity contribution in [1.29, 1.82) is 0 Å². The molecule has 1 fully saturated rings. The molecule has 0 aliphatic carbocycles. The van der Waals surface area contributed by atoms with Crippen LogP contribution in [0.2, 0.25) is 0 Å². The van der Waals surface area contributed by atoms with Gasteiger partial charge in [0.25, 0.3) is 0 Å². The van der Waals surface area contributed by atoms with E-state index in [1.54, 1.807) is 0 Å². The highest BCUT2D eigenvalue weighted by Crippen LogP contribution is 2.31. The first kappa shape index (κ1) is 14.4. The number of H-pyrrole nitrogens is 1. The van der Waals surface area contributed by atoms with Crippen LogP contribution in [-0.2, 0) is 4.74 Å². The zero-order valence-electron chi connectivity index (χ0n) is 10.1. The Kier molecular flexibility index (Phi) is 3.74. The molecule has 0 saturated carbocycles. The lowest BCUT2D eigenvalue weighted by molar-refractivity contribution is -0.0659. The number of aromatic nitrogens is 2. The minimum absolute atomic E-state index is 0.382. The topological polar surface area (TPSA) is 128 Å². The predicted octanol–water partition coefficient (Wildman–Crippen LogP) is -2.24. The van der Waals surface area contributed by atoms with Crippen molar-refractivity contribution in [2.24, 2.45) is 0 Å². The van der Waals surface area contributed by atoms with E-state index in [9.17, 15) is 24.5 Å². The Labute approximate surface area is 112 Å². The second-order valence-electron chi connectivity index (χ2n) is 4.22. The van der Waals surface area contributed by atoms with Crippen LogP contribution in [0.15, 0.2) is 11.0 Å². The Bertz CT molecular complexity index is 600. The molecule has 1 aliphatic heterocycles. The van der Waals surface area contributed by atoms with Crippen LogP contribution in [-0.4, -0.2) is 55.9 Å². The number of nitrogens with zero attached hydrogens (tertiary/aromatic N) is 1. The van der Waals surface area contributed by atoms with Gasteiger partial charge in [-0.15, -0.1) is 6.42 Å². The van der Waals surface area contributed by atoms with Crippen molar-refractivity contribution in [2.45, 2.75) is 24.0 Å². The lowest BCUT2D eigenvalue weighted by Crippen LogP contribution is -2.45. The molecule has 2 heterocycles. The highest BCUT2D eigenvalue weighted by Gasteiger charge is 2.53. The second kappa shape index (κ2) is 5.18. The minimum Gasteiger partial charge on any atom is -0.392 e. The van der Waals surface area contributed by atoms with E-state index in [2.05, 4.69) is 15.3 Å². The van der Waals surface area contributed by atoms with E-state index < -0.39 is 42.2 Å².